The van der Waals surface area contributed by atoms with Gasteiger partial charge in [0, 0.05) is 10.7 Å². The number of benzene rings is 1. The minimum Gasteiger partial charge on any atom is -0.242 e. The third-order valence-corrected chi connectivity index (χ3v) is 5.48. The van der Waals surface area contributed by atoms with Gasteiger partial charge in [-0.15, -0.1) is 11.3 Å². The number of nitrogens with one attached hydrogen (secondary N) is 1. The molecule has 0 saturated heterocycles. The van der Waals surface area contributed by atoms with E-state index in [0.717, 1.165) is 0 Å². The summed E-state index contributed by atoms with van der Waals surface area (Å²) in [5.74, 6) is 0. The maximum Gasteiger partial charge on any atom is 0.0975 e. The van der Waals surface area contributed by atoms with Crippen molar-refractivity contribution in [2.75, 3.05) is 0 Å². The van der Waals surface area contributed by atoms with Gasteiger partial charge < -0.3 is 0 Å². The Labute approximate surface area is 115 Å². The van der Waals surface area contributed by atoms with E-state index < -0.39 is 11.0 Å². The Kier molecular flexibility index (Phi) is 3.90. The molecule has 1 heterocycles. The van der Waals surface area contributed by atoms with Crippen LogP contribution in [0.25, 0.3) is 10.1 Å². The molecule has 0 saturated carbocycles. The smallest absolute Gasteiger partial charge is 0.0975 e. The minimum atomic E-state index is -1.04. The van der Waals surface area contributed by atoms with E-state index in [2.05, 4.69) is 41.3 Å². The van der Waals surface area contributed by atoms with Crippen molar-refractivity contribution in [1.29, 1.82) is 0 Å². The zero-order chi connectivity index (χ0) is 13.3. The molecule has 0 aliphatic rings. The van der Waals surface area contributed by atoms with Crippen molar-refractivity contribution in [2.24, 2.45) is 0 Å². The molecule has 0 radical (unpaired) electrons. The fourth-order valence-electron chi connectivity index (χ4n) is 1.76. The summed E-state index contributed by atoms with van der Waals surface area (Å²) in [5, 5.41) is 3.36. The summed E-state index contributed by atoms with van der Waals surface area (Å²) in [6, 6.07) is 8.49. The van der Waals surface area contributed by atoms with E-state index in [1.54, 1.807) is 11.3 Å². The van der Waals surface area contributed by atoms with Gasteiger partial charge in [-0.25, -0.2) is 8.93 Å². The summed E-state index contributed by atoms with van der Waals surface area (Å²) >= 11 is 1.74. The molecule has 0 amide bonds. The van der Waals surface area contributed by atoms with Crippen LogP contribution in [-0.2, 0) is 11.0 Å². The molecule has 0 aliphatic heterocycles. The van der Waals surface area contributed by atoms with E-state index in [9.17, 15) is 4.21 Å². The number of rotatable bonds is 3. The van der Waals surface area contributed by atoms with Gasteiger partial charge in [0.05, 0.1) is 15.7 Å². The van der Waals surface area contributed by atoms with Crippen LogP contribution in [0.1, 0.15) is 39.3 Å². The standard InChI is InChI=1S/C14H19NOS2/c1-10(15-18(16)14(2,3)4)12-7-5-6-11-8-9-17-13(11)12/h5-10,15H,1-4H3. The Hall–Kier alpha value is -0.710. The summed E-state index contributed by atoms with van der Waals surface area (Å²) in [7, 11) is -1.04. The van der Waals surface area contributed by atoms with Crippen molar-refractivity contribution in [3.8, 4) is 0 Å². The van der Waals surface area contributed by atoms with Crippen molar-refractivity contribution in [3.63, 3.8) is 0 Å². The molecule has 18 heavy (non-hydrogen) atoms. The first-order valence-corrected chi connectivity index (χ1v) is 8.06. The highest BCUT2D eigenvalue weighted by molar-refractivity contribution is 7.84. The van der Waals surface area contributed by atoms with E-state index in [-0.39, 0.29) is 10.8 Å². The molecule has 0 bridgehead atoms. The van der Waals surface area contributed by atoms with Gasteiger partial charge in [-0.05, 0) is 50.1 Å². The highest BCUT2D eigenvalue weighted by Crippen LogP contribution is 2.29. The third kappa shape index (κ3) is 2.82. The summed E-state index contributed by atoms with van der Waals surface area (Å²) < 4.78 is 16.4. The summed E-state index contributed by atoms with van der Waals surface area (Å²) in [5.41, 5.74) is 1.22. The molecule has 2 aromatic rings. The van der Waals surface area contributed by atoms with E-state index in [0.29, 0.717) is 0 Å². The Morgan fingerprint density at radius 1 is 1.28 bits per heavy atom. The second-order valence-electron chi connectivity index (χ2n) is 5.41. The van der Waals surface area contributed by atoms with Gasteiger partial charge in [0.15, 0.2) is 0 Å². The zero-order valence-corrected chi connectivity index (χ0v) is 12.8. The van der Waals surface area contributed by atoms with Crippen molar-refractivity contribution >= 4 is 32.4 Å². The molecule has 2 rings (SSSR count). The predicted molar refractivity (Wildman–Crippen MR) is 81.3 cm³/mol. The molecule has 4 heteroatoms. The van der Waals surface area contributed by atoms with Gasteiger partial charge in [-0.2, -0.15) is 0 Å². The van der Waals surface area contributed by atoms with E-state index in [4.69, 9.17) is 0 Å². The van der Waals surface area contributed by atoms with Crippen LogP contribution in [0, 0.1) is 0 Å². The van der Waals surface area contributed by atoms with Crippen LogP contribution in [0.4, 0.5) is 0 Å². The fraction of sp³-hybridized carbons (Fsp3) is 0.429. The topological polar surface area (TPSA) is 29.1 Å². The van der Waals surface area contributed by atoms with Gasteiger partial charge in [0.2, 0.25) is 0 Å². The molecule has 2 atom stereocenters. The Bertz CT molecular complexity index is 568. The Morgan fingerprint density at radius 2 is 2.00 bits per heavy atom. The Balaban J connectivity index is 2.26. The second-order valence-corrected chi connectivity index (χ2v) is 8.32. The maximum atomic E-state index is 12.1. The minimum absolute atomic E-state index is 0.0902. The van der Waals surface area contributed by atoms with E-state index in [1.807, 2.05) is 20.8 Å². The molecule has 2 unspecified atom stereocenters. The van der Waals surface area contributed by atoms with Crippen LogP contribution in [0.5, 0.6) is 0 Å². The highest BCUT2D eigenvalue weighted by atomic mass is 32.2. The maximum absolute atomic E-state index is 12.1. The molecule has 0 spiro atoms. The zero-order valence-electron chi connectivity index (χ0n) is 11.2. The van der Waals surface area contributed by atoms with Crippen LogP contribution in [0.2, 0.25) is 0 Å². The van der Waals surface area contributed by atoms with Gasteiger partial charge >= 0.3 is 0 Å². The lowest BCUT2D eigenvalue weighted by Gasteiger charge is -2.22. The number of thiophene rings is 1. The first kappa shape index (κ1) is 13.7. The first-order chi connectivity index (χ1) is 8.39. The Morgan fingerprint density at radius 3 is 2.67 bits per heavy atom. The second kappa shape index (κ2) is 5.11. The molecule has 1 aromatic heterocycles. The number of fused-ring (bicyclic) bond motifs is 1. The van der Waals surface area contributed by atoms with Crippen LogP contribution < -0.4 is 4.72 Å². The average molecular weight is 281 g/mol. The van der Waals surface area contributed by atoms with Gasteiger partial charge in [0.25, 0.3) is 0 Å². The molecule has 2 nitrogen and oxygen atoms in total. The largest absolute Gasteiger partial charge is 0.242 e. The van der Waals surface area contributed by atoms with Crippen molar-refractivity contribution < 1.29 is 4.21 Å². The molecular weight excluding hydrogens is 262 g/mol. The van der Waals surface area contributed by atoms with Gasteiger partial charge in [-0.1, -0.05) is 18.2 Å². The first-order valence-electron chi connectivity index (χ1n) is 6.04. The number of hydrogen-bond acceptors (Lipinski definition) is 2. The van der Waals surface area contributed by atoms with Gasteiger partial charge in [0.1, 0.15) is 0 Å². The molecular formula is C14H19NOS2. The summed E-state index contributed by atoms with van der Waals surface area (Å²) in [6.45, 7) is 8.01. The average Bonchev–Trinajstić information content (AvgIpc) is 2.74. The lowest BCUT2D eigenvalue weighted by Crippen LogP contribution is -2.34. The normalized spacial score (nSPS) is 15.8. The molecule has 1 aromatic carbocycles. The summed E-state index contributed by atoms with van der Waals surface area (Å²) in [6.07, 6.45) is 0. The number of hydrogen-bond donors (Lipinski definition) is 1. The predicted octanol–water partition coefficient (Wildman–Crippen LogP) is 4.01. The molecule has 0 fully saturated rings. The van der Waals surface area contributed by atoms with Crippen LogP contribution in [0.3, 0.4) is 0 Å². The van der Waals surface area contributed by atoms with Gasteiger partial charge in [-0.3, -0.25) is 0 Å². The van der Waals surface area contributed by atoms with Crippen LogP contribution in [-0.4, -0.2) is 8.96 Å². The van der Waals surface area contributed by atoms with Crippen LogP contribution >= 0.6 is 11.3 Å². The van der Waals surface area contributed by atoms with Crippen molar-refractivity contribution in [1.82, 2.24) is 4.72 Å². The van der Waals surface area contributed by atoms with Crippen LogP contribution in [0.15, 0.2) is 29.6 Å². The third-order valence-electron chi connectivity index (χ3n) is 2.82. The van der Waals surface area contributed by atoms with E-state index >= 15 is 0 Å². The SMILES string of the molecule is CC(NS(=O)C(C)(C)C)c1cccc2ccsc12. The fourth-order valence-corrected chi connectivity index (χ4v) is 3.56. The van der Waals surface area contributed by atoms with Crippen molar-refractivity contribution in [3.05, 3.63) is 35.2 Å². The monoisotopic (exact) mass is 281 g/mol. The van der Waals surface area contributed by atoms with Crippen molar-refractivity contribution in [2.45, 2.75) is 38.5 Å². The highest BCUT2D eigenvalue weighted by Gasteiger charge is 2.22. The summed E-state index contributed by atoms with van der Waals surface area (Å²) in [4.78, 5) is 0. The molecule has 1 N–H and O–H groups in total. The lowest BCUT2D eigenvalue weighted by molar-refractivity contribution is 0.617. The quantitative estimate of drug-likeness (QED) is 0.904. The lowest BCUT2D eigenvalue weighted by atomic mass is 10.1. The molecule has 98 valence electrons. The molecule has 0 aliphatic carbocycles. The van der Waals surface area contributed by atoms with E-state index in [1.165, 1.54) is 15.6 Å².